The van der Waals surface area contributed by atoms with E-state index in [0.29, 0.717) is 6.61 Å². The van der Waals surface area contributed by atoms with E-state index < -0.39 is 0 Å². The molecular weight excluding hydrogens is 154 g/mol. The third kappa shape index (κ3) is 6.58. The Hall–Kier alpha value is -0.120. The summed E-state index contributed by atoms with van der Waals surface area (Å²) in [4.78, 5) is 0. The Labute approximate surface area is 75.5 Å². The smallest absolute Gasteiger partial charge is 0.102 e. The van der Waals surface area contributed by atoms with E-state index in [1.807, 2.05) is 0 Å². The quantitative estimate of drug-likeness (QED) is 0.451. The molecule has 0 atom stereocenters. The van der Waals surface area contributed by atoms with E-state index >= 15 is 0 Å². The standard InChI is InChI=1S/C9H22NO2/c1-4-5-10(2,3)6-8-12-9-7-11/h11H,4-9H2,1-3H3/q+1. The predicted molar refractivity (Wildman–Crippen MR) is 50.0 cm³/mol. The van der Waals surface area contributed by atoms with Crippen LogP contribution in [0.2, 0.25) is 0 Å². The highest BCUT2D eigenvalue weighted by Gasteiger charge is 2.12. The zero-order valence-corrected chi connectivity index (χ0v) is 8.55. The number of ether oxygens (including phenoxy) is 1. The van der Waals surface area contributed by atoms with Gasteiger partial charge in [0.05, 0.1) is 40.5 Å². The van der Waals surface area contributed by atoms with Gasteiger partial charge >= 0.3 is 0 Å². The Morgan fingerprint density at radius 1 is 1.17 bits per heavy atom. The first-order valence-electron chi connectivity index (χ1n) is 4.63. The molecule has 0 amide bonds. The minimum atomic E-state index is 0.126. The molecular formula is C9H22NO2+. The van der Waals surface area contributed by atoms with Crippen LogP contribution in [-0.2, 0) is 4.74 Å². The molecule has 3 nitrogen and oxygen atoms in total. The van der Waals surface area contributed by atoms with Gasteiger partial charge in [-0.3, -0.25) is 0 Å². The molecule has 1 N–H and O–H groups in total. The lowest BCUT2D eigenvalue weighted by Crippen LogP contribution is -2.42. The van der Waals surface area contributed by atoms with E-state index in [9.17, 15) is 0 Å². The molecule has 0 aliphatic heterocycles. The van der Waals surface area contributed by atoms with Crippen LogP contribution in [0.15, 0.2) is 0 Å². The zero-order chi connectivity index (χ0) is 9.45. The van der Waals surface area contributed by atoms with Crippen molar-refractivity contribution in [1.29, 1.82) is 0 Å². The normalized spacial score (nSPS) is 12.0. The molecule has 0 unspecified atom stereocenters. The number of nitrogens with zero attached hydrogens (tertiary/aromatic N) is 1. The molecule has 0 aliphatic rings. The van der Waals surface area contributed by atoms with Crippen molar-refractivity contribution in [3.05, 3.63) is 0 Å². The fourth-order valence-corrected chi connectivity index (χ4v) is 1.20. The Morgan fingerprint density at radius 2 is 1.83 bits per heavy atom. The third-order valence-corrected chi connectivity index (χ3v) is 1.91. The Balaban J connectivity index is 3.33. The topological polar surface area (TPSA) is 29.5 Å². The highest BCUT2D eigenvalue weighted by atomic mass is 16.5. The number of quaternary nitrogens is 1. The van der Waals surface area contributed by atoms with E-state index in [4.69, 9.17) is 9.84 Å². The van der Waals surface area contributed by atoms with Gasteiger partial charge in [-0.2, -0.15) is 0 Å². The van der Waals surface area contributed by atoms with Gasteiger partial charge in [0, 0.05) is 0 Å². The number of likely N-dealkylation sites (N-methyl/N-ethyl adjacent to an activating group) is 1. The second-order valence-electron chi connectivity index (χ2n) is 3.72. The molecule has 0 heterocycles. The van der Waals surface area contributed by atoms with Gasteiger partial charge in [0.2, 0.25) is 0 Å². The number of aliphatic hydroxyl groups excluding tert-OH is 1. The van der Waals surface area contributed by atoms with Gasteiger partial charge in [-0.1, -0.05) is 6.92 Å². The Bertz CT molecular complexity index is 105. The van der Waals surface area contributed by atoms with Crippen LogP contribution < -0.4 is 0 Å². The molecule has 0 rings (SSSR count). The van der Waals surface area contributed by atoms with Gasteiger partial charge in [0.15, 0.2) is 0 Å². The number of aliphatic hydroxyl groups is 1. The third-order valence-electron chi connectivity index (χ3n) is 1.91. The highest BCUT2D eigenvalue weighted by molar-refractivity contribution is 4.34. The van der Waals surface area contributed by atoms with Crippen LogP contribution >= 0.6 is 0 Å². The van der Waals surface area contributed by atoms with Crippen LogP contribution in [0.1, 0.15) is 13.3 Å². The largest absolute Gasteiger partial charge is 0.394 e. The van der Waals surface area contributed by atoms with E-state index in [-0.39, 0.29) is 6.61 Å². The lowest BCUT2D eigenvalue weighted by Gasteiger charge is -2.29. The van der Waals surface area contributed by atoms with Crippen LogP contribution in [-0.4, -0.2) is 56.6 Å². The summed E-state index contributed by atoms with van der Waals surface area (Å²) in [7, 11) is 4.40. The molecule has 0 saturated heterocycles. The van der Waals surface area contributed by atoms with Crippen LogP contribution in [0.3, 0.4) is 0 Å². The summed E-state index contributed by atoms with van der Waals surface area (Å²) in [6.45, 7) is 5.73. The van der Waals surface area contributed by atoms with Crippen molar-refractivity contribution in [3.63, 3.8) is 0 Å². The van der Waals surface area contributed by atoms with E-state index in [1.165, 1.54) is 13.0 Å². The molecule has 3 heteroatoms. The zero-order valence-electron chi connectivity index (χ0n) is 8.55. The van der Waals surface area contributed by atoms with Crippen molar-refractivity contribution in [2.24, 2.45) is 0 Å². The average molecular weight is 176 g/mol. The molecule has 12 heavy (non-hydrogen) atoms. The van der Waals surface area contributed by atoms with Gasteiger partial charge < -0.3 is 14.3 Å². The summed E-state index contributed by atoms with van der Waals surface area (Å²) >= 11 is 0. The van der Waals surface area contributed by atoms with Crippen molar-refractivity contribution in [2.75, 3.05) is 47.0 Å². The summed E-state index contributed by atoms with van der Waals surface area (Å²) in [5, 5.41) is 8.47. The van der Waals surface area contributed by atoms with Crippen LogP contribution in [0.5, 0.6) is 0 Å². The fourth-order valence-electron chi connectivity index (χ4n) is 1.20. The molecule has 0 spiro atoms. The second kappa shape index (κ2) is 6.40. The molecule has 0 fully saturated rings. The van der Waals surface area contributed by atoms with Crippen molar-refractivity contribution in [1.82, 2.24) is 0 Å². The number of rotatable bonds is 7. The molecule has 0 aromatic carbocycles. The molecule has 0 bridgehead atoms. The lowest BCUT2D eigenvalue weighted by atomic mass is 10.4. The maximum Gasteiger partial charge on any atom is 0.102 e. The molecule has 0 saturated carbocycles. The minimum absolute atomic E-state index is 0.126. The Morgan fingerprint density at radius 3 is 2.33 bits per heavy atom. The SMILES string of the molecule is CCC[N+](C)(C)CCOCCO. The number of hydrogen-bond donors (Lipinski definition) is 1. The molecule has 0 aliphatic carbocycles. The summed E-state index contributed by atoms with van der Waals surface area (Å²) < 4.78 is 6.20. The van der Waals surface area contributed by atoms with Crippen molar-refractivity contribution in [2.45, 2.75) is 13.3 Å². The average Bonchev–Trinajstić information content (AvgIpc) is 1.98. The Kier molecular flexibility index (Phi) is 6.34. The van der Waals surface area contributed by atoms with E-state index in [2.05, 4.69) is 21.0 Å². The van der Waals surface area contributed by atoms with Gasteiger partial charge in [-0.05, 0) is 6.42 Å². The number of hydrogen-bond acceptors (Lipinski definition) is 2. The van der Waals surface area contributed by atoms with Crippen LogP contribution in [0.4, 0.5) is 0 Å². The molecule has 0 radical (unpaired) electrons. The first-order chi connectivity index (χ1) is 5.62. The molecule has 0 aromatic rings. The summed E-state index contributed by atoms with van der Waals surface area (Å²) in [5.74, 6) is 0. The molecule has 74 valence electrons. The van der Waals surface area contributed by atoms with Crippen LogP contribution in [0, 0.1) is 0 Å². The lowest BCUT2D eigenvalue weighted by molar-refractivity contribution is -0.890. The predicted octanol–water partition coefficient (Wildman–Crippen LogP) is 0.482. The summed E-state index contributed by atoms with van der Waals surface area (Å²) in [5.41, 5.74) is 0. The first kappa shape index (κ1) is 11.9. The second-order valence-corrected chi connectivity index (χ2v) is 3.72. The summed E-state index contributed by atoms with van der Waals surface area (Å²) in [6, 6.07) is 0. The van der Waals surface area contributed by atoms with Gasteiger partial charge in [0.25, 0.3) is 0 Å². The van der Waals surface area contributed by atoms with Crippen molar-refractivity contribution < 1.29 is 14.3 Å². The maximum absolute atomic E-state index is 8.47. The van der Waals surface area contributed by atoms with Gasteiger partial charge in [-0.15, -0.1) is 0 Å². The van der Waals surface area contributed by atoms with Gasteiger partial charge in [0.1, 0.15) is 6.54 Å². The molecule has 0 aromatic heterocycles. The minimum Gasteiger partial charge on any atom is -0.394 e. The van der Waals surface area contributed by atoms with Crippen LogP contribution in [0.25, 0.3) is 0 Å². The van der Waals surface area contributed by atoms with Gasteiger partial charge in [-0.25, -0.2) is 0 Å². The van der Waals surface area contributed by atoms with E-state index in [0.717, 1.165) is 17.6 Å². The monoisotopic (exact) mass is 176 g/mol. The maximum atomic E-state index is 8.47. The fraction of sp³-hybridized carbons (Fsp3) is 1.00. The summed E-state index contributed by atoms with van der Waals surface area (Å²) in [6.07, 6.45) is 1.20. The van der Waals surface area contributed by atoms with E-state index in [1.54, 1.807) is 0 Å². The van der Waals surface area contributed by atoms with Crippen molar-refractivity contribution in [3.8, 4) is 0 Å². The highest BCUT2D eigenvalue weighted by Crippen LogP contribution is 1.98. The first-order valence-corrected chi connectivity index (χ1v) is 4.63. The van der Waals surface area contributed by atoms with Crippen molar-refractivity contribution >= 4 is 0 Å².